The second-order valence-corrected chi connectivity index (χ2v) is 10.8. The molecule has 2 heterocycles. The molecular weight excluding hydrogens is 503 g/mol. The van der Waals surface area contributed by atoms with Crippen molar-refractivity contribution in [1.29, 1.82) is 0 Å². The Kier molecular flexibility index (Phi) is 8.89. The summed E-state index contributed by atoms with van der Waals surface area (Å²) in [6.07, 6.45) is 4.57. The van der Waals surface area contributed by atoms with Crippen LogP contribution in [0.15, 0.2) is 29.6 Å². The first kappa shape index (κ1) is 27.8. The minimum absolute atomic E-state index is 0.108. The van der Waals surface area contributed by atoms with Crippen molar-refractivity contribution in [2.45, 2.75) is 40.5 Å². The molecule has 0 spiro atoms. The molecule has 1 aromatic heterocycles. The van der Waals surface area contributed by atoms with Crippen LogP contribution in [0.3, 0.4) is 0 Å². The van der Waals surface area contributed by atoms with Gasteiger partial charge in [-0.1, -0.05) is 30.1 Å². The van der Waals surface area contributed by atoms with Crippen molar-refractivity contribution < 1.29 is 14.3 Å². The molecule has 36 heavy (non-hydrogen) atoms. The van der Waals surface area contributed by atoms with Crippen LogP contribution in [0.1, 0.15) is 39.8 Å². The number of aromatic nitrogens is 2. The van der Waals surface area contributed by atoms with Gasteiger partial charge in [-0.25, -0.2) is 9.98 Å². The molecule has 9 nitrogen and oxygen atoms in total. The molecule has 3 N–H and O–H groups in total. The number of carbonyl (C=O) groups is 2. The average Bonchev–Trinajstić information content (AvgIpc) is 3.42. The molecule has 0 saturated carbocycles. The van der Waals surface area contributed by atoms with E-state index in [1.165, 1.54) is 0 Å². The quantitative estimate of drug-likeness (QED) is 0.385. The van der Waals surface area contributed by atoms with Gasteiger partial charge < -0.3 is 20.4 Å². The van der Waals surface area contributed by atoms with Crippen molar-refractivity contribution in [2.24, 2.45) is 29.3 Å². The molecule has 2 unspecified atom stereocenters. The van der Waals surface area contributed by atoms with E-state index < -0.39 is 11.3 Å². The van der Waals surface area contributed by atoms with Crippen LogP contribution in [0.2, 0.25) is 10.0 Å². The van der Waals surface area contributed by atoms with Crippen LogP contribution < -0.4 is 11.1 Å². The molecule has 1 saturated heterocycles. The van der Waals surface area contributed by atoms with E-state index in [2.05, 4.69) is 15.3 Å². The van der Waals surface area contributed by atoms with Gasteiger partial charge in [0, 0.05) is 49.6 Å². The number of anilines is 1. The van der Waals surface area contributed by atoms with Gasteiger partial charge in [-0.05, 0) is 45.7 Å². The normalized spacial score (nSPS) is 16.6. The molecule has 2 atom stereocenters. The van der Waals surface area contributed by atoms with Gasteiger partial charge in [0.1, 0.15) is 5.69 Å². The van der Waals surface area contributed by atoms with E-state index in [-0.39, 0.29) is 24.4 Å². The Labute approximate surface area is 222 Å². The Morgan fingerprint density at radius 3 is 2.50 bits per heavy atom. The number of esters is 1. The maximum absolute atomic E-state index is 13.9. The summed E-state index contributed by atoms with van der Waals surface area (Å²) in [5, 5.41) is 3.75. The van der Waals surface area contributed by atoms with E-state index >= 15 is 0 Å². The van der Waals surface area contributed by atoms with E-state index in [0.29, 0.717) is 53.3 Å². The van der Waals surface area contributed by atoms with Gasteiger partial charge in [-0.3, -0.25) is 14.5 Å². The third-order valence-electron chi connectivity index (χ3n) is 6.15. The average molecular weight is 537 g/mol. The number of carbonyl (C=O) groups excluding carboxylic acids is 2. The number of hydrogen-bond donors (Lipinski definition) is 2. The number of nitrogens with zero attached hydrogens (tertiary/aromatic N) is 4. The second-order valence-electron chi connectivity index (χ2n) is 10.0. The number of benzene rings is 1. The molecule has 196 valence electrons. The molecule has 1 amide bonds. The van der Waals surface area contributed by atoms with Crippen molar-refractivity contribution in [1.82, 2.24) is 19.8 Å². The summed E-state index contributed by atoms with van der Waals surface area (Å²) >= 11 is 12.6. The van der Waals surface area contributed by atoms with E-state index in [1.54, 1.807) is 50.3 Å². The van der Waals surface area contributed by atoms with Crippen LogP contribution >= 0.6 is 23.2 Å². The minimum Gasteiger partial charge on any atom is -0.465 e. The Balaban J connectivity index is 1.89. The largest absolute Gasteiger partial charge is 0.465 e. The second kappa shape index (κ2) is 11.5. The number of amides is 1. The van der Waals surface area contributed by atoms with Crippen molar-refractivity contribution >= 4 is 52.4 Å². The zero-order chi connectivity index (χ0) is 26.6. The van der Waals surface area contributed by atoms with Crippen LogP contribution in [0.4, 0.5) is 11.4 Å². The van der Waals surface area contributed by atoms with Gasteiger partial charge in [0.2, 0.25) is 11.9 Å². The molecule has 11 heteroatoms. The van der Waals surface area contributed by atoms with Gasteiger partial charge in [0.05, 0.1) is 28.4 Å². The number of nitrogen functional groups attached to an aromatic ring is 1. The SMILES string of the molecule is CCC(C(=O)N1CCN/C1=N\c1c(Cl)cc(N)cc1Cl)C(COC(=O)C(C)(C)C)Cc1cncn1C. The molecule has 1 fully saturated rings. The Bertz CT molecular complexity index is 1120. The lowest BCUT2D eigenvalue weighted by atomic mass is 9.85. The van der Waals surface area contributed by atoms with Crippen LogP contribution in [-0.4, -0.2) is 52.0 Å². The zero-order valence-corrected chi connectivity index (χ0v) is 22.9. The van der Waals surface area contributed by atoms with E-state index in [4.69, 9.17) is 33.7 Å². The van der Waals surface area contributed by atoms with Crippen LogP contribution in [0.5, 0.6) is 0 Å². The van der Waals surface area contributed by atoms with E-state index in [0.717, 1.165) is 5.69 Å². The van der Waals surface area contributed by atoms with Gasteiger partial charge in [-0.2, -0.15) is 0 Å². The number of hydrogen-bond acceptors (Lipinski definition) is 6. The number of imidazole rings is 1. The lowest BCUT2D eigenvalue weighted by molar-refractivity contribution is -0.156. The molecule has 0 aliphatic carbocycles. The van der Waals surface area contributed by atoms with Crippen molar-refractivity contribution in [2.75, 3.05) is 25.4 Å². The van der Waals surface area contributed by atoms with Gasteiger partial charge >= 0.3 is 5.97 Å². The number of nitrogens with one attached hydrogen (secondary N) is 1. The van der Waals surface area contributed by atoms with Crippen molar-refractivity contribution in [3.8, 4) is 0 Å². The van der Waals surface area contributed by atoms with Gasteiger partial charge in [0.25, 0.3) is 0 Å². The van der Waals surface area contributed by atoms with Crippen molar-refractivity contribution in [3.05, 3.63) is 40.4 Å². The lowest BCUT2D eigenvalue weighted by Gasteiger charge is -2.29. The van der Waals surface area contributed by atoms with Crippen LogP contribution in [0.25, 0.3) is 0 Å². The van der Waals surface area contributed by atoms with Gasteiger partial charge in [-0.15, -0.1) is 0 Å². The topological polar surface area (TPSA) is 115 Å². The predicted molar refractivity (Wildman–Crippen MR) is 142 cm³/mol. The monoisotopic (exact) mass is 536 g/mol. The fourth-order valence-electron chi connectivity index (χ4n) is 4.07. The molecule has 1 aliphatic rings. The standard InChI is InChI=1S/C25H34Cl2N6O3/c1-6-18(15(9-17-12-29-14-32(17)5)13-36-23(35)25(2,3)4)22(34)33-8-7-30-24(33)31-21-19(26)10-16(28)11-20(21)27/h10-12,14-15,18H,6-9,13,28H2,1-5H3,(H,30,31). The summed E-state index contributed by atoms with van der Waals surface area (Å²) in [4.78, 5) is 36.7. The Morgan fingerprint density at radius 1 is 1.28 bits per heavy atom. The maximum Gasteiger partial charge on any atom is 0.311 e. The number of halogens is 2. The highest BCUT2D eigenvalue weighted by molar-refractivity contribution is 6.39. The summed E-state index contributed by atoms with van der Waals surface area (Å²) in [6, 6.07) is 3.13. The first-order chi connectivity index (χ1) is 16.9. The molecule has 3 rings (SSSR count). The molecular formula is C25H34Cl2N6O3. The lowest BCUT2D eigenvalue weighted by Crippen LogP contribution is -2.43. The fraction of sp³-hybridized carbons (Fsp3) is 0.520. The third-order valence-corrected chi connectivity index (χ3v) is 6.73. The zero-order valence-electron chi connectivity index (χ0n) is 21.3. The number of ether oxygens (including phenoxy) is 1. The highest BCUT2D eigenvalue weighted by atomic mass is 35.5. The molecule has 1 aromatic carbocycles. The number of aliphatic imine (C=N–C) groups is 1. The first-order valence-electron chi connectivity index (χ1n) is 11.9. The molecule has 0 bridgehead atoms. The highest BCUT2D eigenvalue weighted by Gasteiger charge is 2.36. The smallest absolute Gasteiger partial charge is 0.311 e. The minimum atomic E-state index is -0.640. The van der Waals surface area contributed by atoms with Crippen molar-refractivity contribution in [3.63, 3.8) is 0 Å². The Morgan fingerprint density at radius 2 is 1.94 bits per heavy atom. The molecule has 2 aromatic rings. The summed E-state index contributed by atoms with van der Waals surface area (Å²) in [7, 11) is 1.90. The molecule has 1 aliphatic heterocycles. The Hall–Kier alpha value is -2.78. The number of rotatable bonds is 8. The first-order valence-corrected chi connectivity index (χ1v) is 12.7. The van der Waals surface area contributed by atoms with Gasteiger partial charge in [0.15, 0.2) is 0 Å². The van der Waals surface area contributed by atoms with Crippen LogP contribution in [-0.2, 0) is 27.8 Å². The fourth-order valence-corrected chi connectivity index (χ4v) is 4.66. The third kappa shape index (κ3) is 6.50. The summed E-state index contributed by atoms with van der Waals surface area (Å²) < 4.78 is 7.59. The highest BCUT2D eigenvalue weighted by Crippen LogP contribution is 2.36. The summed E-state index contributed by atoms with van der Waals surface area (Å²) in [5.74, 6) is -0.719. The van der Waals surface area contributed by atoms with E-state index in [9.17, 15) is 9.59 Å². The molecule has 0 radical (unpaired) electrons. The van der Waals surface area contributed by atoms with E-state index in [1.807, 2.05) is 18.5 Å². The van der Waals surface area contributed by atoms with Crippen LogP contribution in [0, 0.1) is 17.3 Å². The summed E-state index contributed by atoms with van der Waals surface area (Å²) in [5.41, 5.74) is 6.88. The summed E-state index contributed by atoms with van der Waals surface area (Å²) in [6.45, 7) is 8.47. The predicted octanol–water partition coefficient (Wildman–Crippen LogP) is 4.20. The number of nitrogens with two attached hydrogens (primary N) is 1. The number of guanidine groups is 1. The number of aryl methyl sites for hydroxylation is 1. The maximum atomic E-state index is 13.9.